The second kappa shape index (κ2) is 3.88. The molecule has 1 N–H and O–H groups in total. The van der Waals surface area contributed by atoms with Gasteiger partial charge < -0.3 is 9.72 Å². The maximum absolute atomic E-state index is 11.2. The number of hydrogen-bond acceptors (Lipinski definition) is 1. The summed E-state index contributed by atoms with van der Waals surface area (Å²) < 4.78 is 2.10. The first-order valence-electron chi connectivity index (χ1n) is 5.94. The molecule has 1 aromatic carbocycles. The third-order valence-corrected chi connectivity index (χ3v) is 3.24. The third kappa shape index (κ3) is 1.56. The van der Waals surface area contributed by atoms with E-state index in [1.54, 1.807) is 0 Å². The van der Waals surface area contributed by atoms with E-state index in [1.807, 2.05) is 31.3 Å². The summed E-state index contributed by atoms with van der Waals surface area (Å²) in [6, 6.07) is 12.4. The Morgan fingerprint density at radius 3 is 2.78 bits per heavy atom. The molecule has 0 unspecified atom stereocenters. The zero-order valence-electron chi connectivity index (χ0n) is 10.4. The maximum Gasteiger partial charge on any atom is 0.221 e. The van der Waals surface area contributed by atoms with Crippen LogP contribution in [0.25, 0.3) is 16.3 Å². The monoisotopic (exact) mass is 238 g/mol. The van der Waals surface area contributed by atoms with E-state index >= 15 is 0 Å². The summed E-state index contributed by atoms with van der Waals surface area (Å²) in [4.78, 5) is 11.2. The second-order valence-electron chi connectivity index (χ2n) is 4.48. The van der Waals surface area contributed by atoms with Gasteiger partial charge in [0.2, 0.25) is 5.91 Å². The van der Waals surface area contributed by atoms with Gasteiger partial charge in [-0.25, -0.2) is 0 Å². The molecule has 0 spiro atoms. The van der Waals surface area contributed by atoms with Crippen molar-refractivity contribution in [2.24, 2.45) is 0 Å². The van der Waals surface area contributed by atoms with Crippen LogP contribution in [0.3, 0.4) is 0 Å². The fourth-order valence-electron chi connectivity index (χ4n) is 2.37. The van der Waals surface area contributed by atoms with Crippen molar-refractivity contribution in [2.75, 3.05) is 5.32 Å². The molecular formula is C15H14N2O. The Morgan fingerprint density at radius 1 is 1.22 bits per heavy atom. The van der Waals surface area contributed by atoms with Gasteiger partial charge in [0.05, 0.1) is 11.2 Å². The largest absolute Gasteiger partial charge is 0.325 e. The molecule has 0 bridgehead atoms. The number of carbonyl (C=O) groups excluding carboxylic acids is 1. The molecule has 0 saturated carbocycles. The van der Waals surface area contributed by atoms with Crippen LogP contribution in [0.4, 0.5) is 5.69 Å². The number of fused-ring (bicyclic) bond motifs is 3. The highest BCUT2D eigenvalue weighted by molar-refractivity contribution is 5.99. The number of nitrogens with zero attached hydrogens (tertiary/aromatic N) is 1. The third-order valence-electron chi connectivity index (χ3n) is 3.24. The maximum atomic E-state index is 11.2. The highest BCUT2D eigenvalue weighted by Gasteiger charge is 2.09. The number of carbonyl (C=O) groups is 1. The van der Waals surface area contributed by atoms with E-state index in [1.165, 1.54) is 17.7 Å². The molecule has 0 radical (unpaired) electrons. The predicted octanol–water partition coefficient (Wildman–Crippen LogP) is 3.36. The van der Waals surface area contributed by atoms with Gasteiger partial charge in [-0.3, -0.25) is 4.79 Å². The van der Waals surface area contributed by atoms with E-state index < -0.39 is 0 Å². The van der Waals surface area contributed by atoms with Gasteiger partial charge in [0.1, 0.15) is 0 Å². The summed E-state index contributed by atoms with van der Waals surface area (Å²) in [5.74, 6) is -0.0432. The molecule has 2 aromatic heterocycles. The van der Waals surface area contributed by atoms with Gasteiger partial charge in [-0.1, -0.05) is 24.3 Å². The molecule has 3 rings (SSSR count). The Morgan fingerprint density at radius 2 is 2.00 bits per heavy atom. The van der Waals surface area contributed by atoms with Gasteiger partial charge in [-0.05, 0) is 24.4 Å². The summed E-state index contributed by atoms with van der Waals surface area (Å²) in [5.41, 5.74) is 3.04. The number of aryl methyl sites for hydroxylation is 1. The van der Waals surface area contributed by atoms with Crippen molar-refractivity contribution in [3.63, 3.8) is 0 Å². The van der Waals surface area contributed by atoms with Crippen LogP contribution in [0.15, 0.2) is 42.6 Å². The number of nitrogens with one attached hydrogen (secondary N) is 1. The first-order valence-corrected chi connectivity index (χ1v) is 5.94. The zero-order chi connectivity index (χ0) is 12.7. The first-order chi connectivity index (χ1) is 8.66. The number of aromatic nitrogens is 1. The van der Waals surface area contributed by atoms with E-state index in [9.17, 15) is 4.79 Å². The molecule has 0 fully saturated rings. The second-order valence-corrected chi connectivity index (χ2v) is 4.48. The molecule has 0 aliphatic heterocycles. The van der Waals surface area contributed by atoms with Gasteiger partial charge >= 0.3 is 0 Å². The van der Waals surface area contributed by atoms with Gasteiger partial charge in [0.15, 0.2) is 0 Å². The van der Waals surface area contributed by atoms with Crippen LogP contribution in [0, 0.1) is 6.92 Å². The molecule has 0 saturated heterocycles. The Bertz CT molecular complexity index is 756. The zero-order valence-corrected chi connectivity index (χ0v) is 10.4. The Balaban J connectivity index is 2.34. The van der Waals surface area contributed by atoms with Crippen molar-refractivity contribution in [3.05, 3.63) is 48.3 Å². The van der Waals surface area contributed by atoms with Crippen LogP contribution in [-0.2, 0) is 4.79 Å². The van der Waals surface area contributed by atoms with Gasteiger partial charge in [0.25, 0.3) is 0 Å². The normalized spacial score (nSPS) is 11.0. The van der Waals surface area contributed by atoms with E-state index in [0.717, 1.165) is 16.9 Å². The summed E-state index contributed by atoms with van der Waals surface area (Å²) in [6.45, 7) is 3.53. The molecular weight excluding hydrogens is 224 g/mol. The van der Waals surface area contributed by atoms with Crippen molar-refractivity contribution in [1.29, 1.82) is 0 Å². The Labute approximate surface area is 105 Å². The molecule has 0 aliphatic carbocycles. The summed E-state index contributed by atoms with van der Waals surface area (Å²) >= 11 is 0. The fourth-order valence-corrected chi connectivity index (χ4v) is 2.37. The standard InChI is InChI=1S/C15H14N2O/c1-10-14(16-11(2)18)9-15-13-6-4-3-5-12(13)7-8-17(10)15/h3-9H,1-2H3,(H,16,18). The summed E-state index contributed by atoms with van der Waals surface area (Å²) in [7, 11) is 0. The molecule has 18 heavy (non-hydrogen) atoms. The van der Waals surface area contributed by atoms with Crippen LogP contribution in [0.1, 0.15) is 12.6 Å². The van der Waals surface area contributed by atoms with E-state index in [2.05, 4.69) is 27.9 Å². The van der Waals surface area contributed by atoms with Gasteiger partial charge in [0, 0.05) is 24.2 Å². The lowest BCUT2D eigenvalue weighted by molar-refractivity contribution is -0.114. The van der Waals surface area contributed by atoms with Crippen LogP contribution in [-0.4, -0.2) is 10.3 Å². The lowest BCUT2D eigenvalue weighted by atomic mass is 10.1. The quantitative estimate of drug-likeness (QED) is 0.693. The summed E-state index contributed by atoms with van der Waals surface area (Å²) in [6.07, 6.45) is 2.04. The highest BCUT2D eigenvalue weighted by atomic mass is 16.1. The van der Waals surface area contributed by atoms with E-state index in [0.29, 0.717) is 0 Å². The number of pyridine rings is 1. The topological polar surface area (TPSA) is 33.5 Å². The lowest BCUT2D eigenvalue weighted by Gasteiger charge is -2.03. The molecule has 3 aromatic rings. The van der Waals surface area contributed by atoms with Crippen LogP contribution < -0.4 is 5.32 Å². The minimum absolute atomic E-state index is 0.0432. The van der Waals surface area contributed by atoms with Gasteiger partial charge in [-0.15, -0.1) is 0 Å². The Hall–Kier alpha value is -2.29. The van der Waals surface area contributed by atoms with Crippen molar-refractivity contribution >= 4 is 27.9 Å². The molecule has 3 nitrogen and oxygen atoms in total. The van der Waals surface area contributed by atoms with Crippen molar-refractivity contribution < 1.29 is 4.79 Å². The van der Waals surface area contributed by atoms with Crippen molar-refractivity contribution in [2.45, 2.75) is 13.8 Å². The molecule has 90 valence electrons. The van der Waals surface area contributed by atoms with Crippen LogP contribution >= 0.6 is 0 Å². The minimum atomic E-state index is -0.0432. The SMILES string of the molecule is CC(=O)Nc1cc2c3ccccc3ccn2c1C. The average molecular weight is 238 g/mol. The van der Waals surface area contributed by atoms with E-state index in [4.69, 9.17) is 0 Å². The molecule has 1 amide bonds. The number of amides is 1. The lowest BCUT2D eigenvalue weighted by Crippen LogP contribution is -2.06. The van der Waals surface area contributed by atoms with E-state index in [-0.39, 0.29) is 5.91 Å². The first kappa shape index (κ1) is 10.8. The number of benzene rings is 1. The molecule has 2 heterocycles. The number of hydrogen-bond donors (Lipinski definition) is 1. The molecule has 3 heteroatoms. The summed E-state index contributed by atoms with van der Waals surface area (Å²) in [5, 5.41) is 5.27. The minimum Gasteiger partial charge on any atom is -0.325 e. The number of anilines is 1. The highest BCUT2D eigenvalue weighted by Crippen LogP contribution is 2.27. The predicted molar refractivity (Wildman–Crippen MR) is 73.9 cm³/mol. The van der Waals surface area contributed by atoms with Crippen molar-refractivity contribution in [3.8, 4) is 0 Å². The van der Waals surface area contributed by atoms with Crippen LogP contribution in [0.5, 0.6) is 0 Å². The molecule has 0 atom stereocenters. The Kier molecular flexibility index (Phi) is 2.33. The van der Waals surface area contributed by atoms with Gasteiger partial charge in [-0.2, -0.15) is 0 Å². The van der Waals surface area contributed by atoms with Crippen LogP contribution in [0.2, 0.25) is 0 Å². The average Bonchev–Trinajstić information content (AvgIpc) is 2.66. The van der Waals surface area contributed by atoms with Crippen molar-refractivity contribution in [1.82, 2.24) is 4.40 Å². The molecule has 0 aliphatic rings. The smallest absolute Gasteiger partial charge is 0.221 e. The number of rotatable bonds is 1. The fraction of sp³-hybridized carbons (Fsp3) is 0.133.